The lowest BCUT2D eigenvalue weighted by Gasteiger charge is -2.46. The van der Waals surface area contributed by atoms with Gasteiger partial charge in [0.15, 0.2) is 0 Å². The number of ether oxygens (including phenoxy) is 1. The number of rotatable bonds is 9. The standard InChI is InChI=1S/C23H33FN2O3/c1-29-16-22(14-25-20-13-19(20)17-3-5-18(24)6-4-17)9-11-26(12-10-22)15-23(21(27)28)7-2-8-23/h3-6,19-20,25H,2,7-16H2,1H3,(H,27,28)/t19?,20-/m1/s1. The fourth-order valence-electron chi connectivity index (χ4n) is 5.18. The molecule has 1 saturated heterocycles. The van der Waals surface area contributed by atoms with Gasteiger partial charge in [-0.15, -0.1) is 0 Å². The summed E-state index contributed by atoms with van der Waals surface area (Å²) in [4.78, 5) is 14.0. The minimum atomic E-state index is -0.625. The van der Waals surface area contributed by atoms with Crippen molar-refractivity contribution in [3.63, 3.8) is 0 Å². The number of carboxylic acid groups (broad SMARTS) is 1. The highest BCUT2D eigenvalue weighted by Gasteiger charge is 2.47. The van der Waals surface area contributed by atoms with E-state index in [0.29, 0.717) is 18.5 Å². The van der Waals surface area contributed by atoms with E-state index < -0.39 is 11.4 Å². The van der Waals surface area contributed by atoms with Crippen molar-refractivity contribution in [1.82, 2.24) is 10.2 Å². The van der Waals surface area contributed by atoms with Gasteiger partial charge in [0.2, 0.25) is 0 Å². The zero-order valence-corrected chi connectivity index (χ0v) is 17.3. The number of methoxy groups -OCH3 is 1. The number of piperidine rings is 1. The van der Waals surface area contributed by atoms with E-state index in [1.54, 1.807) is 19.2 Å². The molecule has 29 heavy (non-hydrogen) atoms. The van der Waals surface area contributed by atoms with Gasteiger partial charge in [0, 0.05) is 37.6 Å². The van der Waals surface area contributed by atoms with E-state index in [4.69, 9.17) is 4.74 Å². The Kier molecular flexibility index (Phi) is 5.96. The van der Waals surface area contributed by atoms with Crippen LogP contribution >= 0.6 is 0 Å². The average Bonchev–Trinajstić information content (AvgIpc) is 3.45. The lowest BCUT2D eigenvalue weighted by atomic mass is 9.68. The highest BCUT2D eigenvalue weighted by Crippen LogP contribution is 2.44. The lowest BCUT2D eigenvalue weighted by Crippen LogP contribution is -2.53. The largest absolute Gasteiger partial charge is 0.481 e. The molecule has 1 unspecified atom stereocenters. The van der Waals surface area contributed by atoms with Crippen molar-refractivity contribution in [1.29, 1.82) is 0 Å². The molecule has 1 aromatic carbocycles. The lowest BCUT2D eigenvalue weighted by molar-refractivity contribution is -0.157. The van der Waals surface area contributed by atoms with E-state index in [-0.39, 0.29) is 11.2 Å². The van der Waals surface area contributed by atoms with Crippen molar-refractivity contribution < 1.29 is 19.0 Å². The van der Waals surface area contributed by atoms with Gasteiger partial charge in [-0.1, -0.05) is 18.6 Å². The summed E-state index contributed by atoms with van der Waals surface area (Å²) in [5.41, 5.74) is 0.812. The molecule has 1 aromatic rings. The molecule has 0 amide bonds. The maximum Gasteiger partial charge on any atom is 0.310 e. The Morgan fingerprint density at radius 3 is 2.48 bits per heavy atom. The van der Waals surface area contributed by atoms with Crippen molar-refractivity contribution >= 4 is 5.97 Å². The molecule has 1 heterocycles. The number of nitrogens with one attached hydrogen (secondary N) is 1. The number of hydrogen-bond donors (Lipinski definition) is 2. The molecule has 2 saturated carbocycles. The van der Waals surface area contributed by atoms with Crippen LogP contribution in [0.25, 0.3) is 0 Å². The molecule has 0 radical (unpaired) electrons. The molecule has 1 aliphatic heterocycles. The van der Waals surface area contributed by atoms with Crippen molar-refractivity contribution in [3.05, 3.63) is 35.6 Å². The number of aliphatic carboxylic acids is 1. The molecule has 5 nitrogen and oxygen atoms in total. The molecule has 4 rings (SSSR count). The fraction of sp³-hybridized carbons (Fsp3) is 0.696. The normalized spacial score (nSPS) is 27.9. The van der Waals surface area contributed by atoms with Gasteiger partial charge >= 0.3 is 5.97 Å². The van der Waals surface area contributed by atoms with Gasteiger partial charge in [-0.2, -0.15) is 0 Å². The van der Waals surface area contributed by atoms with Crippen LogP contribution in [0.2, 0.25) is 0 Å². The molecule has 0 bridgehead atoms. The summed E-state index contributed by atoms with van der Waals surface area (Å²) in [6.07, 6.45) is 5.82. The molecule has 3 aliphatic rings. The average molecular weight is 405 g/mol. The summed E-state index contributed by atoms with van der Waals surface area (Å²) in [7, 11) is 1.76. The van der Waals surface area contributed by atoms with Crippen molar-refractivity contribution in [3.8, 4) is 0 Å². The van der Waals surface area contributed by atoms with E-state index in [9.17, 15) is 14.3 Å². The van der Waals surface area contributed by atoms with E-state index in [0.717, 1.165) is 64.8 Å². The summed E-state index contributed by atoms with van der Waals surface area (Å²) in [6, 6.07) is 7.32. The smallest absolute Gasteiger partial charge is 0.310 e. The van der Waals surface area contributed by atoms with Gasteiger partial charge in [-0.05, 0) is 62.9 Å². The van der Waals surface area contributed by atoms with Crippen LogP contribution in [0.3, 0.4) is 0 Å². The first-order chi connectivity index (χ1) is 14.0. The summed E-state index contributed by atoms with van der Waals surface area (Å²) >= 11 is 0. The van der Waals surface area contributed by atoms with Crippen LogP contribution < -0.4 is 5.32 Å². The predicted molar refractivity (Wildman–Crippen MR) is 109 cm³/mol. The third-order valence-electron chi connectivity index (χ3n) is 7.49. The highest BCUT2D eigenvalue weighted by molar-refractivity contribution is 5.76. The Hall–Kier alpha value is -1.50. The molecule has 0 aromatic heterocycles. The van der Waals surface area contributed by atoms with E-state index in [1.807, 2.05) is 12.1 Å². The Morgan fingerprint density at radius 1 is 1.24 bits per heavy atom. The van der Waals surface area contributed by atoms with Crippen LogP contribution in [0.4, 0.5) is 4.39 Å². The Bertz CT molecular complexity index is 711. The van der Waals surface area contributed by atoms with E-state index >= 15 is 0 Å². The molecule has 6 heteroatoms. The van der Waals surface area contributed by atoms with Crippen molar-refractivity contribution in [2.75, 3.05) is 39.9 Å². The maximum absolute atomic E-state index is 13.1. The molecule has 2 aliphatic carbocycles. The Labute approximate surface area is 172 Å². The number of halogens is 1. The van der Waals surface area contributed by atoms with E-state index in [1.165, 1.54) is 5.56 Å². The third-order valence-corrected chi connectivity index (χ3v) is 7.49. The second kappa shape index (κ2) is 8.32. The van der Waals surface area contributed by atoms with Crippen molar-refractivity contribution in [2.24, 2.45) is 10.8 Å². The van der Waals surface area contributed by atoms with Gasteiger partial charge in [0.25, 0.3) is 0 Å². The maximum atomic E-state index is 13.1. The predicted octanol–water partition coefficient (Wildman–Crippen LogP) is 3.25. The SMILES string of the molecule is COCC1(CN[C@@H]2CC2c2ccc(F)cc2)CCN(CC2(C(=O)O)CCC2)CC1. The van der Waals surface area contributed by atoms with Gasteiger partial charge in [0.1, 0.15) is 5.82 Å². The van der Waals surface area contributed by atoms with Gasteiger partial charge in [0.05, 0.1) is 12.0 Å². The van der Waals surface area contributed by atoms with Crippen LogP contribution in [-0.2, 0) is 9.53 Å². The number of nitrogens with zero attached hydrogens (tertiary/aromatic N) is 1. The molecule has 160 valence electrons. The minimum absolute atomic E-state index is 0.108. The fourth-order valence-corrected chi connectivity index (χ4v) is 5.18. The molecule has 0 spiro atoms. The topological polar surface area (TPSA) is 61.8 Å². The van der Waals surface area contributed by atoms with Crippen molar-refractivity contribution in [2.45, 2.75) is 50.5 Å². The molecule has 2 N–H and O–H groups in total. The van der Waals surface area contributed by atoms with Crippen LogP contribution in [-0.4, -0.2) is 61.9 Å². The quantitative estimate of drug-likeness (QED) is 0.662. The van der Waals surface area contributed by atoms with Crippen LogP contribution in [0.5, 0.6) is 0 Å². The first-order valence-electron chi connectivity index (χ1n) is 10.9. The summed E-state index contributed by atoms with van der Waals surface area (Å²) < 4.78 is 18.7. The molecular weight excluding hydrogens is 371 g/mol. The zero-order valence-electron chi connectivity index (χ0n) is 17.3. The monoisotopic (exact) mass is 404 g/mol. The zero-order chi connectivity index (χ0) is 20.5. The highest BCUT2D eigenvalue weighted by atomic mass is 19.1. The third kappa shape index (κ3) is 4.49. The molecule has 2 atom stereocenters. The number of carboxylic acids is 1. The van der Waals surface area contributed by atoms with E-state index in [2.05, 4.69) is 10.2 Å². The summed E-state index contributed by atoms with van der Waals surface area (Å²) in [5.74, 6) is -0.333. The van der Waals surface area contributed by atoms with Gasteiger partial charge in [-0.25, -0.2) is 4.39 Å². The Balaban J connectivity index is 1.28. The second-order valence-corrected chi connectivity index (χ2v) is 9.53. The van der Waals surface area contributed by atoms with Gasteiger partial charge in [-0.3, -0.25) is 4.79 Å². The van der Waals surface area contributed by atoms with Gasteiger partial charge < -0.3 is 20.1 Å². The molecule has 3 fully saturated rings. The summed E-state index contributed by atoms with van der Waals surface area (Å²) in [6.45, 7) is 4.21. The second-order valence-electron chi connectivity index (χ2n) is 9.53. The number of hydrogen-bond acceptors (Lipinski definition) is 4. The summed E-state index contributed by atoms with van der Waals surface area (Å²) in [5, 5.41) is 13.3. The number of benzene rings is 1. The molecular formula is C23H33FN2O3. The number of carbonyl (C=O) groups is 1. The van der Waals surface area contributed by atoms with Crippen LogP contribution in [0.15, 0.2) is 24.3 Å². The van der Waals surface area contributed by atoms with Crippen LogP contribution in [0, 0.1) is 16.6 Å². The Morgan fingerprint density at radius 2 is 1.93 bits per heavy atom. The first-order valence-corrected chi connectivity index (χ1v) is 10.9. The van der Waals surface area contributed by atoms with Crippen LogP contribution in [0.1, 0.15) is 50.0 Å². The number of likely N-dealkylation sites (tertiary alicyclic amines) is 1. The first kappa shape index (κ1) is 20.8. The minimum Gasteiger partial charge on any atom is -0.481 e.